The third-order valence-electron chi connectivity index (χ3n) is 4.77. The van der Waals surface area contributed by atoms with Gasteiger partial charge in [0.25, 0.3) is 0 Å². The summed E-state index contributed by atoms with van der Waals surface area (Å²) in [6.07, 6.45) is 6.75. The summed E-state index contributed by atoms with van der Waals surface area (Å²) in [6.45, 7) is 5.65. The standard InChI is InChI=1S/C16H27NS/c1-12(2)13-5-6-15(11-17)14(10-13)7-8-16-4-3-9-18-16/h3-4,9,12-15H,5-8,10-11,17H2,1-2H3. The molecule has 18 heavy (non-hydrogen) atoms. The summed E-state index contributed by atoms with van der Waals surface area (Å²) in [7, 11) is 0. The Kier molecular flexibility index (Phi) is 5.25. The Labute approximate surface area is 116 Å². The Bertz CT molecular complexity index is 331. The Morgan fingerprint density at radius 1 is 1.33 bits per heavy atom. The van der Waals surface area contributed by atoms with Crippen molar-refractivity contribution in [3.63, 3.8) is 0 Å². The molecule has 1 aliphatic carbocycles. The predicted molar refractivity (Wildman–Crippen MR) is 80.9 cm³/mol. The average molecular weight is 265 g/mol. The number of rotatable bonds is 5. The molecule has 2 heteroatoms. The average Bonchev–Trinajstić information content (AvgIpc) is 2.89. The van der Waals surface area contributed by atoms with Crippen molar-refractivity contribution in [3.05, 3.63) is 22.4 Å². The van der Waals surface area contributed by atoms with Crippen LogP contribution in [0.5, 0.6) is 0 Å². The highest BCUT2D eigenvalue weighted by atomic mass is 32.1. The minimum atomic E-state index is 0.778. The Balaban J connectivity index is 1.89. The van der Waals surface area contributed by atoms with Gasteiger partial charge in [-0.2, -0.15) is 0 Å². The van der Waals surface area contributed by atoms with Gasteiger partial charge in [-0.25, -0.2) is 0 Å². The molecule has 2 rings (SSSR count). The van der Waals surface area contributed by atoms with Crippen molar-refractivity contribution in [2.45, 2.75) is 46.0 Å². The molecule has 1 saturated carbocycles. The second kappa shape index (κ2) is 6.72. The Hall–Kier alpha value is -0.340. The van der Waals surface area contributed by atoms with Crippen LogP contribution in [0.2, 0.25) is 0 Å². The summed E-state index contributed by atoms with van der Waals surface area (Å²) >= 11 is 1.90. The zero-order valence-corrected chi connectivity index (χ0v) is 12.6. The minimum absolute atomic E-state index is 0.778. The quantitative estimate of drug-likeness (QED) is 0.842. The number of thiophene rings is 1. The first-order chi connectivity index (χ1) is 8.70. The van der Waals surface area contributed by atoms with Crippen molar-refractivity contribution < 1.29 is 0 Å². The van der Waals surface area contributed by atoms with Crippen LogP contribution in [0.4, 0.5) is 0 Å². The van der Waals surface area contributed by atoms with E-state index >= 15 is 0 Å². The first kappa shape index (κ1) is 14.1. The predicted octanol–water partition coefficient (Wildman–Crippen LogP) is 4.33. The van der Waals surface area contributed by atoms with Crippen LogP contribution in [0, 0.1) is 23.7 Å². The van der Waals surface area contributed by atoms with Crippen LogP contribution >= 0.6 is 11.3 Å². The highest BCUT2D eigenvalue weighted by Gasteiger charge is 2.30. The largest absolute Gasteiger partial charge is 0.330 e. The number of hydrogen-bond donors (Lipinski definition) is 1. The van der Waals surface area contributed by atoms with Gasteiger partial charge in [0, 0.05) is 4.88 Å². The molecular formula is C16H27NS. The van der Waals surface area contributed by atoms with Gasteiger partial charge in [-0.05, 0) is 73.8 Å². The number of aryl methyl sites for hydroxylation is 1. The van der Waals surface area contributed by atoms with Gasteiger partial charge in [-0.15, -0.1) is 11.3 Å². The van der Waals surface area contributed by atoms with Gasteiger partial charge in [0.15, 0.2) is 0 Å². The maximum Gasteiger partial charge on any atom is 0.00453 e. The van der Waals surface area contributed by atoms with Crippen LogP contribution in [0.1, 0.15) is 44.4 Å². The van der Waals surface area contributed by atoms with Crippen molar-refractivity contribution >= 4 is 11.3 Å². The molecule has 1 aliphatic rings. The van der Waals surface area contributed by atoms with E-state index in [1.807, 2.05) is 11.3 Å². The van der Waals surface area contributed by atoms with Gasteiger partial charge in [0.1, 0.15) is 0 Å². The van der Waals surface area contributed by atoms with Gasteiger partial charge in [0.2, 0.25) is 0 Å². The topological polar surface area (TPSA) is 26.0 Å². The first-order valence-electron chi connectivity index (χ1n) is 7.43. The van der Waals surface area contributed by atoms with E-state index in [1.165, 1.54) is 37.0 Å². The summed E-state index contributed by atoms with van der Waals surface area (Å²) in [5.74, 6) is 3.41. The van der Waals surface area contributed by atoms with E-state index in [2.05, 4.69) is 31.4 Å². The highest BCUT2D eigenvalue weighted by molar-refractivity contribution is 7.09. The molecule has 1 nitrogen and oxygen atoms in total. The summed E-state index contributed by atoms with van der Waals surface area (Å²) in [4.78, 5) is 1.54. The molecule has 1 heterocycles. The lowest BCUT2D eigenvalue weighted by Gasteiger charge is -2.37. The smallest absolute Gasteiger partial charge is 0.00453 e. The maximum atomic E-state index is 5.97. The summed E-state index contributed by atoms with van der Waals surface area (Å²) in [5.41, 5.74) is 5.97. The van der Waals surface area contributed by atoms with E-state index in [4.69, 9.17) is 5.73 Å². The van der Waals surface area contributed by atoms with E-state index in [0.717, 1.165) is 30.2 Å². The van der Waals surface area contributed by atoms with Gasteiger partial charge < -0.3 is 5.73 Å². The highest BCUT2D eigenvalue weighted by Crippen LogP contribution is 2.39. The lowest BCUT2D eigenvalue weighted by atomic mass is 9.69. The van der Waals surface area contributed by atoms with Crippen molar-refractivity contribution in [1.29, 1.82) is 0 Å². The van der Waals surface area contributed by atoms with Gasteiger partial charge >= 0.3 is 0 Å². The van der Waals surface area contributed by atoms with Crippen LogP contribution in [0.25, 0.3) is 0 Å². The molecule has 3 atom stereocenters. The van der Waals surface area contributed by atoms with Crippen molar-refractivity contribution in [1.82, 2.24) is 0 Å². The van der Waals surface area contributed by atoms with Gasteiger partial charge in [0.05, 0.1) is 0 Å². The normalized spacial score (nSPS) is 28.8. The molecule has 1 aromatic heterocycles. The zero-order valence-electron chi connectivity index (χ0n) is 11.8. The van der Waals surface area contributed by atoms with E-state index in [1.54, 1.807) is 0 Å². The monoisotopic (exact) mass is 265 g/mol. The van der Waals surface area contributed by atoms with Crippen molar-refractivity contribution in [2.24, 2.45) is 29.4 Å². The van der Waals surface area contributed by atoms with E-state index < -0.39 is 0 Å². The molecule has 1 aromatic rings. The molecule has 0 aromatic carbocycles. The summed E-state index contributed by atoms with van der Waals surface area (Å²) in [6, 6.07) is 4.43. The third-order valence-corrected chi connectivity index (χ3v) is 5.70. The molecule has 0 bridgehead atoms. The maximum absolute atomic E-state index is 5.97. The zero-order chi connectivity index (χ0) is 13.0. The van der Waals surface area contributed by atoms with Crippen molar-refractivity contribution in [3.8, 4) is 0 Å². The minimum Gasteiger partial charge on any atom is -0.330 e. The van der Waals surface area contributed by atoms with Gasteiger partial charge in [-0.1, -0.05) is 19.9 Å². The van der Waals surface area contributed by atoms with E-state index in [-0.39, 0.29) is 0 Å². The molecule has 1 fully saturated rings. The fourth-order valence-corrected chi connectivity index (χ4v) is 4.14. The lowest BCUT2D eigenvalue weighted by molar-refractivity contribution is 0.144. The van der Waals surface area contributed by atoms with Crippen LogP contribution < -0.4 is 5.73 Å². The molecule has 0 spiro atoms. The van der Waals surface area contributed by atoms with E-state index in [0.29, 0.717) is 0 Å². The summed E-state index contributed by atoms with van der Waals surface area (Å²) in [5, 5.41) is 2.19. The fraction of sp³-hybridized carbons (Fsp3) is 0.750. The van der Waals surface area contributed by atoms with Crippen LogP contribution in [0.15, 0.2) is 17.5 Å². The number of hydrogen-bond acceptors (Lipinski definition) is 2. The second-order valence-corrected chi connectivity index (χ2v) is 7.22. The van der Waals surface area contributed by atoms with E-state index in [9.17, 15) is 0 Å². The molecule has 3 unspecified atom stereocenters. The van der Waals surface area contributed by atoms with Crippen LogP contribution in [-0.2, 0) is 6.42 Å². The first-order valence-corrected chi connectivity index (χ1v) is 8.31. The molecule has 0 saturated heterocycles. The Morgan fingerprint density at radius 3 is 2.78 bits per heavy atom. The third kappa shape index (κ3) is 3.58. The van der Waals surface area contributed by atoms with Crippen molar-refractivity contribution in [2.75, 3.05) is 6.54 Å². The molecule has 102 valence electrons. The number of nitrogens with two attached hydrogens (primary N) is 1. The fourth-order valence-electron chi connectivity index (χ4n) is 3.41. The second-order valence-electron chi connectivity index (χ2n) is 6.19. The van der Waals surface area contributed by atoms with Crippen LogP contribution in [-0.4, -0.2) is 6.54 Å². The molecule has 0 radical (unpaired) electrons. The molecule has 0 amide bonds. The van der Waals surface area contributed by atoms with Gasteiger partial charge in [-0.3, -0.25) is 0 Å². The summed E-state index contributed by atoms with van der Waals surface area (Å²) < 4.78 is 0. The molecule has 0 aliphatic heterocycles. The molecule has 2 N–H and O–H groups in total. The van der Waals surface area contributed by atoms with Crippen LogP contribution in [0.3, 0.4) is 0 Å². The lowest BCUT2D eigenvalue weighted by Crippen LogP contribution is -2.32. The SMILES string of the molecule is CC(C)C1CCC(CN)C(CCc2cccs2)C1. The molecular weight excluding hydrogens is 238 g/mol. The Morgan fingerprint density at radius 2 is 2.17 bits per heavy atom.